The molecule has 112 valence electrons. The number of likely N-dealkylation sites (tertiary alicyclic amines) is 1. The van der Waals surface area contributed by atoms with Crippen LogP contribution in [0.4, 0.5) is 0 Å². The van der Waals surface area contributed by atoms with Gasteiger partial charge in [0, 0.05) is 19.1 Å². The van der Waals surface area contributed by atoms with Crippen LogP contribution >= 0.6 is 22.6 Å². The smallest absolute Gasteiger partial charge is 0.0589 e. The van der Waals surface area contributed by atoms with Gasteiger partial charge in [0.1, 0.15) is 0 Å². The Bertz CT molecular complexity index is 257. The molecule has 3 heteroatoms. The van der Waals surface area contributed by atoms with Crippen molar-refractivity contribution in [3.63, 3.8) is 0 Å². The van der Waals surface area contributed by atoms with E-state index in [-0.39, 0.29) is 0 Å². The highest BCUT2D eigenvalue weighted by atomic mass is 127. The van der Waals surface area contributed by atoms with Gasteiger partial charge in [-0.1, -0.05) is 35.1 Å². The van der Waals surface area contributed by atoms with Gasteiger partial charge in [-0.2, -0.15) is 0 Å². The monoisotopic (exact) mass is 378 g/mol. The molecular weight excluding hydrogens is 347 g/mol. The number of halogens is 1. The largest absolute Gasteiger partial charge is 0.300 e. The third kappa shape index (κ3) is 6.58. The molecular formula is C16H31IN2. The first-order valence-corrected chi connectivity index (χ1v) is 9.05. The molecule has 0 aromatic heterocycles. The topological polar surface area (TPSA) is 6.48 Å². The maximum Gasteiger partial charge on any atom is 0.0589 e. The highest BCUT2D eigenvalue weighted by molar-refractivity contribution is 14.1. The zero-order chi connectivity index (χ0) is 14.3. The number of hydrogen-bond donors (Lipinski definition) is 0. The fourth-order valence-electron chi connectivity index (χ4n) is 2.95. The highest BCUT2D eigenvalue weighted by Gasteiger charge is 2.25. The number of alkyl halides is 1. The molecule has 1 saturated heterocycles. The summed E-state index contributed by atoms with van der Waals surface area (Å²) in [5.41, 5.74) is 1.32. The van der Waals surface area contributed by atoms with Gasteiger partial charge in [0.05, 0.1) is 4.05 Å². The molecule has 0 amide bonds. The second-order valence-corrected chi connectivity index (χ2v) is 7.74. The molecule has 1 aliphatic heterocycles. The highest BCUT2D eigenvalue weighted by Crippen LogP contribution is 2.21. The molecule has 19 heavy (non-hydrogen) atoms. The van der Waals surface area contributed by atoms with Gasteiger partial charge in [-0.05, 0) is 59.0 Å². The van der Waals surface area contributed by atoms with Gasteiger partial charge in [0.25, 0.3) is 0 Å². The molecule has 0 spiro atoms. The van der Waals surface area contributed by atoms with Gasteiger partial charge < -0.3 is 4.90 Å². The molecule has 0 aliphatic carbocycles. The van der Waals surface area contributed by atoms with E-state index in [9.17, 15) is 0 Å². The SMILES string of the molecule is C=C(C)CCCN(CCC)C1CCN(C(C)I)CC1. The maximum atomic E-state index is 4.01. The molecule has 0 saturated carbocycles. The lowest BCUT2D eigenvalue weighted by molar-refractivity contribution is 0.107. The van der Waals surface area contributed by atoms with Gasteiger partial charge in [0.15, 0.2) is 0 Å². The van der Waals surface area contributed by atoms with Gasteiger partial charge in [0.2, 0.25) is 0 Å². The van der Waals surface area contributed by atoms with E-state index in [1.54, 1.807) is 0 Å². The first-order chi connectivity index (χ1) is 9.04. The third-order valence-electron chi connectivity index (χ3n) is 4.08. The van der Waals surface area contributed by atoms with E-state index in [0.717, 1.165) is 6.04 Å². The number of hydrogen-bond acceptors (Lipinski definition) is 2. The number of allylic oxidation sites excluding steroid dienone is 1. The normalized spacial score (nSPS) is 19.8. The van der Waals surface area contributed by atoms with Crippen LogP contribution in [0.5, 0.6) is 0 Å². The van der Waals surface area contributed by atoms with E-state index in [4.69, 9.17) is 0 Å². The van der Waals surface area contributed by atoms with Crippen molar-refractivity contribution in [3.8, 4) is 0 Å². The second kappa shape index (κ2) is 9.35. The summed E-state index contributed by atoms with van der Waals surface area (Å²) < 4.78 is 0.682. The van der Waals surface area contributed by atoms with Crippen LogP contribution in [0.1, 0.15) is 52.9 Å². The van der Waals surface area contributed by atoms with Gasteiger partial charge in [-0.15, -0.1) is 6.58 Å². The average Bonchev–Trinajstić information content (AvgIpc) is 2.37. The first kappa shape index (κ1) is 17.4. The molecule has 1 fully saturated rings. The number of nitrogens with zero attached hydrogens (tertiary/aromatic N) is 2. The summed E-state index contributed by atoms with van der Waals surface area (Å²) in [6.07, 6.45) is 6.43. The Labute approximate surface area is 133 Å². The fourth-order valence-corrected chi connectivity index (χ4v) is 3.51. The van der Waals surface area contributed by atoms with E-state index in [1.807, 2.05) is 0 Å². The summed E-state index contributed by atoms with van der Waals surface area (Å²) in [6, 6.07) is 0.816. The van der Waals surface area contributed by atoms with Crippen molar-refractivity contribution in [2.45, 2.75) is 63.0 Å². The minimum absolute atomic E-state index is 0.682. The van der Waals surface area contributed by atoms with Crippen molar-refractivity contribution in [1.29, 1.82) is 0 Å². The Hall–Kier alpha value is 0.390. The average molecular weight is 378 g/mol. The van der Waals surface area contributed by atoms with Crippen molar-refractivity contribution in [2.75, 3.05) is 26.2 Å². The summed E-state index contributed by atoms with van der Waals surface area (Å²) in [4.78, 5) is 5.34. The predicted molar refractivity (Wildman–Crippen MR) is 94.0 cm³/mol. The summed E-state index contributed by atoms with van der Waals surface area (Å²) in [5.74, 6) is 0. The van der Waals surface area contributed by atoms with Crippen molar-refractivity contribution in [3.05, 3.63) is 12.2 Å². The van der Waals surface area contributed by atoms with Crippen molar-refractivity contribution >= 4 is 22.6 Å². The minimum atomic E-state index is 0.682. The van der Waals surface area contributed by atoms with Crippen molar-refractivity contribution < 1.29 is 0 Å². The molecule has 0 bridgehead atoms. The van der Waals surface area contributed by atoms with Gasteiger partial charge in [-0.3, -0.25) is 4.90 Å². The standard InChI is InChI=1S/C16H31IN2/c1-5-10-19(11-6-7-14(2)3)16-8-12-18(13-9-16)15(4)17/h15-16H,2,5-13H2,1,3-4H3. The second-order valence-electron chi connectivity index (χ2n) is 5.94. The van der Waals surface area contributed by atoms with E-state index >= 15 is 0 Å². The summed E-state index contributed by atoms with van der Waals surface area (Å²) in [5, 5.41) is 0. The quantitative estimate of drug-likeness (QED) is 0.269. The van der Waals surface area contributed by atoms with Crippen molar-refractivity contribution in [2.24, 2.45) is 0 Å². The lowest BCUT2D eigenvalue weighted by Gasteiger charge is -2.39. The Kier molecular flexibility index (Phi) is 8.58. The Balaban J connectivity index is 2.37. The molecule has 1 rings (SSSR count). The molecule has 0 N–H and O–H groups in total. The lowest BCUT2D eigenvalue weighted by Crippen LogP contribution is -2.46. The van der Waals surface area contributed by atoms with Crippen LogP contribution in [0.3, 0.4) is 0 Å². The first-order valence-electron chi connectivity index (χ1n) is 7.81. The molecule has 0 radical (unpaired) electrons. The van der Waals surface area contributed by atoms with Crippen LogP contribution < -0.4 is 0 Å². The third-order valence-corrected chi connectivity index (χ3v) is 4.87. The molecule has 0 aromatic rings. The van der Waals surface area contributed by atoms with Gasteiger partial charge in [-0.25, -0.2) is 0 Å². The molecule has 0 aromatic carbocycles. The molecule has 1 heterocycles. The van der Waals surface area contributed by atoms with Crippen LogP contribution in [0, 0.1) is 0 Å². The predicted octanol–water partition coefficient (Wildman–Crippen LogP) is 4.30. The maximum absolute atomic E-state index is 4.01. The van der Waals surface area contributed by atoms with Crippen LogP contribution in [0.2, 0.25) is 0 Å². The van der Waals surface area contributed by atoms with Crippen LogP contribution in [0.25, 0.3) is 0 Å². The fraction of sp³-hybridized carbons (Fsp3) is 0.875. The van der Waals surface area contributed by atoms with E-state index in [0.29, 0.717) is 4.05 Å². The Morgan fingerprint density at radius 3 is 2.47 bits per heavy atom. The number of piperidine rings is 1. The molecule has 1 atom stereocenters. The zero-order valence-corrected chi connectivity index (χ0v) is 15.2. The number of rotatable bonds is 8. The van der Waals surface area contributed by atoms with E-state index in [1.165, 1.54) is 63.9 Å². The molecule has 1 aliphatic rings. The van der Waals surface area contributed by atoms with Crippen LogP contribution in [-0.4, -0.2) is 46.1 Å². The summed E-state index contributed by atoms with van der Waals surface area (Å²) in [7, 11) is 0. The van der Waals surface area contributed by atoms with Crippen LogP contribution in [-0.2, 0) is 0 Å². The summed E-state index contributed by atoms with van der Waals surface area (Å²) in [6.45, 7) is 15.8. The minimum Gasteiger partial charge on any atom is -0.300 e. The molecule has 1 unspecified atom stereocenters. The van der Waals surface area contributed by atoms with Gasteiger partial charge >= 0.3 is 0 Å². The Morgan fingerprint density at radius 2 is 2.00 bits per heavy atom. The van der Waals surface area contributed by atoms with Crippen LogP contribution in [0.15, 0.2) is 12.2 Å². The van der Waals surface area contributed by atoms with Crippen molar-refractivity contribution in [1.82, 2.24) is 9.80 Å². The Morgan fingerprint density at radius 1 is 1.37 bits per heavy atom. The summed E-state index contributed by atoms with van der Waals surface area (Å²) >= 11 is 2.54. The molecule has 2 nitrogen and oxygen atoms in total. The zero-order valence-electron chi connectivity index (χ0n) is 13.0. The lowest BCUT2D eigenvalue weighted by atomic mass is 10.0. The van der Waals surface area contributed by atoms with E-state index < -0.39 is 0 Å². The van der Waals surface area contributed by atoms with E-state index in [2.05, 4.69) is 59.7 Å².